The van der Waals surface area contributed by atoms with E-state index in [-0.39, 0.29) is 30.4 Å². The van der Waals surface area contributed by atoms with Gasteiger partial charge in [0, 0.05) is 17.6 Å². The number of tetrazole rings is 1. The first-order chi connectivity index (χ1) is 15.5. The number of aromatic nitrogens is 4. The fraction of sp³-hybridized carbons (Fsp3) is 0.625. The maximum Gasteiger partial charge on any atom is 0.247 e. The van der Waals surface area contributed by atoms with E-state index in [4.69, 9.17) is 0 Å². The molecule has 2 aliphatic carbocycles. The van der Waals surface area contributed by atoms with Crippen molar-refractivity contribution in [2.75, 3.05) is 0 Å². The van der Waals surface area contributed by atoms with Gasteiger partial charge in [-0.05, 0) is 50.8 Å². The summed E-state index contributed by atoms with van der Waals surface area (Å²) in [5, 5.41) is 15.8. The van der Waals surface area contributed by atoms with E-state index in [2.05, 4.69) is 20.7 Å². The molecule has 1 heterocycles. The number of carbonyl (C=O) groups is 2. The number of benzene rings is 1. The molecule has 1 N–H and O–H groups in total. The van der Waals surface area contributed by atoms with Crippen molar-refractivity contribution >= 4 is 11.8 Å². The van der Waals surface area contributed by atoms with E-state index in [1.165, 1.54) is 11.2 Å². The van der Waals surface area contributed by atoms with E-state index in [1.807, 2.05) is 38.1 Å². The fourth-order valence-corrected chi connectivity index (χ4v) is 5.03. The Morgan fingerprint density at radius 2 is 1.84 bits per heavy atom. The molecule has 8 nitrogen and oxygen atoms in total. The SMILES string of the molecule is Cc1cccc(-c2nnn(CC(=O)N(C3CCCCC3)C(C)C(=O)NC3CCCC3)n2)c1. The Hall–Kier alpha value is -2.77. The summed E-state index contributed by atoms with van der Waals surface area (Å²) in [5.41, 5.74) is 1.98. The van der Waals surface area contributed by atoms with Gasteiger partial charge in [-0.25, -0.2) is 0 Å². The minimum atomic E-state index is -0.508. The molecule has 2 fully saturated rings. The van der Waals surface area contributed by atoms with Crippen LogP contribution in [0.5, 0.6) is 0 Å². The molecule has 0 radical (unpaired) electrons. The van der Waals surface area contributed by atoms with Gasteiger partial charge in [-0.2, -0.15) is 4.80 Å². The zero-order chi connectivity index (χ0) is 22.5. The highest BCUT2D eigenvalue weighted by Gasteiger charge is 2.34. The fourth-order valence-electron chi connectivity index (χ4n) is 5.03. The molecule has 8 heteroatoms. The molecule has 0 bridgehead atoms. The van der Waals surface area contributed by atoms with Crippen LogP contribution in [0.25, 0.3) is 11.4 Å². The standard InChI is InChI=1S/C24H34N6O2/c1-17-9-8-10-19(15-17)23-26-28-29(27-23)16-22(31)30(21-13-4-3-5-14-21)18(2)24(32)25-20-11-6-7-12-20/h8-10,15,18,20-21H,3-7,11-14,16H2,1-2H3,(H,25,32). The van der Waals surface area contributed by atoms with Crippen LogP contribution in [0.1, 0.15) is 70.3 Å². The summed E-state index contributed by atoms with van der Waals surface area (Å²) in [5.74, 6) is 0.319. The first-order valence-corrected chi connectivity index (χ1v) is 12.0. The predicted octanol–water partition coefficient (Wildman–Crippen LogP) is 3.26. The molecule has 4 rings (SSSR count). The van der Waals surface area contributed by atoms with Crippen LogP contribution in [0.2, 0.25) is 0 Å². The molecular formula is C24H34N6O2. The van der Waals surface area contributed by atoms with Crippen LogP contribution >= 0.6 is 0 Å². The summed E-state index contributed by atoms with van der Waals surface area (Å²) in [7, 11) is 0. The Labute approximate surface area is 189 Å². The molecule has 172 valence electrons. The lowest BCUT2D eigenvalue weighted by Crippen LogP contribution is -2.55. The lowest BCUT2D eigenvalue weighted by molar-refractivity contribution is -0.144. The van der Waals surface area contributed by atoms with E-state index in [0.717, 1.165) is 62.5 Å². The van der Waals surface area contributed by atoms with Crippen molar-refractivity contribution in [3.63, 3.8) is 0 Å². The molecule has 2 saturated carbocycles. The van der Waals surface area contributed by atoms with Crippen LogP contribution in [-0.2, 0) is 16.1 Å². The van der Waals surface area contributed by atoms with E-state index in [0.29, 0.717) is 5.82 Å². The second kappa shape index (κ2) is 10.2. The van der Waals surface area contributed by atoms with Crippen LogP contribution in [0, 0.1) is 6.92 Å². The van der Waals surface area contributed by atoms with E-state index >= 15 is 0 Å². The second-order valence-electron chi connectivity index (χ2n) is 9.27. The summed E-state index contributed by atoms with van der Waals surface area (Å²) in [6, 6.07) is 7.70. The Morgan fingerprint density at radius 3 is 2.56 bits per heavy atom. The van der Waals surface area contributed by atoms with Crippen molar-refractivity contribution in [3.8, 4) is 11.4 Å². The highest BCUT2D eigenvalue weighted by Crippen LogP contribution is 2.25. The molecule has 1 unspecified atom stereocenters. The molecular weight excluding hydrogens is 404 g/mol. The van der Waals surface area contributed by atoms with Crippen LogP contribution in [-0.4, -0.2) is 55.0 Å². The molecule has 0 saturated heterocycles. The molecule has 2 aromatic rings. The van der Waals surface area contributed by atoms with Gasteiger partial charge >= 0.3 is 0 Å². The summed E-state index contributed by atoms with van der Waals surface area (Å²) < 4.78 is 0. The van der Waals surface area contributed by atoms with Crippen molar-refractivity contribution in [1.29, 1.82) is 0 Å². The third-order valence-electron chi connectivity index (χ3n) is 6.76. The Bertz CT molecular complexity index is 930. The van der Waals surface area contributed by atoms with Crippen molar-refractivity contribution in [2.45, 2.75) is 96.3 Å². The summed E-state index contributed by atoms with van der Waals surface area (Å²) >= 11 is 0. The zero-order valence-corrected chi connectivity index (χ0v) is 19.2. The number of carbonyl (C=O) groups excluding carboxylic acids is 2. The van der Waals surface area contributed by atoms with Gasteiger partial charge in [0.1, 0.15) is 12.6 Å². The normalized spacial score (nSPS) is 18.4. The highest BCUT2D eigenvalue weighted by molar-refractivity contribution is 5.87. The average molecular weight is 439 g/mol. The van der Waals surface area contributed by atoms with Gasteiger partial charge in [0.05, 0.1) is 0 Å². The Kier molecular flexibility index (Phi) is 7.17. The quantitative estimate of drug-likeness (QED) is 0.716. The van der Waals surface area contributed by atoms with Crippen molar-refractivity contribution in [3.05, 3.63) is 29.8 Å². The number of hydrogen-bond acceptors (Lipinski definition) is 5. The van der Waals surface area contributed by atoms with Crippen molar-refractivity contribution in [2.24, 2.45) is 0 Å². The number of hydrogen-bond donors (Lipinski definition) is 1. The lowest BCUT2D eigenvalue weighted by atomic mass is 9.93. The number of amides is 2. The van der Waals surface area contributed by atoms with E-state index in [9.17, 15) is 9.59 Å². The molecule has 2 amide bonds. The molecule has 0 aliphatic heterocycles. The van der Waals surface area contributed by atoms with E-state index < -0.39 is 6.04 Å². The van der Waals surface area contributed by atoms with Crippen LogP contribution in [0.4, 0.5) is 0 Å². The monoisotopic (exact) mass is 438 g/mol. The maximum absolute atomic E-state index is 13.4. The second-order valence-corrected chi connectivity index (χ2v) is 9.27. The first kappa shape index (κ1) is 22.4. The van der Waals surface area contributed by atoms with Gasteiger partial charge in [-0.15, -0.1) is 10.2 Å². The highest BCUT2D eigenvalue weighted by atomic mass is 16.2. The minimum Gasteiger partial charge on any atom is -0.352 e. The van der Waals surface area contributed by atoms with Crippen LogP contribution < -0.4 is 5.32 Å². The summed E-state index contributed by atoms with van der Waals surface area (Å²) in [6.07, 6.45) is 9.61. The van der Waals surface area contributed by atoms with E-state index in [1.54, 1.807) is 4.90 Å². The first-order valence-electron chi connectivity index (χ1n) is 12.0. The number of rotatable bonds is 7. The molecule has 1 aromatic heterocycles. The predicted molar refractivity (Wildman–Crippen MR) is 122 cm³/mol. The van der Waals surface area contributed by atoms with Gasteiger partial charge < -0.3 is 10.2 Å². The van der Waals surface area contributed by atoms with Crippen LogP contribution in [0.15, 0.2) is 24.3 Å². The molecule has 2 aliphatic rings. The Balaban J connectivity index is 1.48. The summed E-state index contributed by atoms with van der Waals surface area (Å²) in [6.45, 7) is 3.84. The van der Waals surface area contributed by atoms with Crippen molar-refractivity contribution < 1.29 is 9.59 Å². The number of nitrogens with zero attached hydrogens (tertiary/aromatic N) is 5. The molecule has 0 spiro atoms. The van der Waals surface area contributed by atoms with Gasteiger partial charge in [-0.1, -0.05) is 55.9 Å². The average Bonchev–Trinajstić information content (AvgIpc) is 3.47. The topological polar surface area (TPSA) is 93.0 Å². The number of nitrogens with one attached hydrogen (secondary N) is 1. The smallest absolute Gasteiger partial charge is 0.247 e. The molecule has 1 atom stereocenters. The minimum absolute atomic E-state index is 0.0175. The summed E-state index contributed by atoms with van der Waals surface area (Å²) in [4.78, 5) is 29.6. The van der Waals surface area contributed by atoms with Gasteiger partial charge in [0.2, 0.25) is 17.6 Å². The Morgan fingerprint density at radius 1 is 1.12 bits per heavy atom. The lowest BCUT2D eigenvalue weighted by Gasteiger charge is -2.38. The zero-order valence-electron chi connectivity index (χ0n) is 19.2. The van der Waals surface area contributed by atoms with Gasteiger partial charge in [-0.3, -0.25) is 9.59 Å². The molecule has 32 heavy (non-hydrogen) atoms. The van der Waals surface area contributed by atoms with Crippen molar-refractivity contribution in [1.82, 2.24) is 30.4 Å². The van der Waals surface area contributed by atoms with Crippen LogP contribution in [0.3, 0.4) is 0 Å². The number of aryl methyl sites for hydroxylation is 1. The van der Waals surface area contributed by atoms with Gasteiger partial charge in [0.25, 0.3) is 0 Å². The maximum atomic E-state index is 13.4. The molecule has 1 aromatic carbocycles. The largest absolute Gasteiger partial charge is 0.352 e. The third-order valence-corrected chi connectivity index (χ3v) is 6.76. The third kappa shape index (κ3) is 5.34. The van der Waals surface area contributed by atoms with Gasteiger partial charge in [0.15, 0.2) is 0 Å².